The van der Waals surface area contributed by atoms with E-state index in [0.717, 1.165) is 40.9 Å². The van der Waals surface area contributed by atoms with Crippen LogP contribution in [0.4, 0.5) is 8.78 Å². The van der Waals surface area contributed by atoms with Gasteiger partial charge in [-0.25, -0.2) is 26.5 Å². The lowest BCUT2D eigenvalue weighted by atomic mass is 9.93. The minimum atomic E-state index is -4.05. The van der Waals surface area contributed by atoms with Gasteiger partial charge in [-0.15, -0.1) is 0 Å². The maximum Gasteiger partial charge on any atom is 0.246 e. The summed E-state index contributed by atoms with van der Waals surface area (Å²) in [5.41, 5.74) is 6.23. The van der Waals surface area contributed by atoms with Crippen LogP contribution in [0.3, 0.4) is 0 Å². The number of aliphatic imine (C=N–C) groups is 1. The van der Waals surface area contributed by atoms with Crippen molar-refractivity contribution in [2.45, 2.75) is 29.5 Å². The molecule has 2 aliphatic rings. The third kappa shape index (κ3) is 3.04. The third-order valence-electron chi connectivity index (χ3n) is 5.62. The molecule has 1 fully saturated rings. The van der Waals surface area contributed by atoms with E-state index in [4.69, 9.17) is 5.73 Å². The SMILES string of the molecule is CN1C(N)=N[C@H](c2cc(F)ccc2F)[C@@H](c2ccc(C3(C#N)CC3)cc2)S1(=O)=O. The largest absolute Gasteiger partial charge is 0.369 e. The molecule has 0 radical (unpaired) electrons. The quantitative estimate of drug-likeness (QED) is 0.832. The number of sulfonamides is 1. The van der Waals surface area contributed by atoms with E-state index in [2.05, 4.69) is 11.1 Å². The first kappa shape index (κ1) is 19.3. The van der Waals surface area contributed by atoms with Crippen molar-refractivity contribution in [2.24, 2.45) is 10.7 Å². The Kier molecular flexibility index (Phi) is 4.35. The molecule has 2 N–H and O–H groups in total. The maximum atomic E-state index is 14.5. The molecule has 4 rings (SSSR count). The van der Waals surface area contributed by atoms with Crippen LogP contribution in [-0.2, 0) is 15.4 Å². The summed E-state index contributed by atoms with van der Waals surface area (Å²) in [5.74, 6) is -1.77. The number of benzene rings is 2. The summed E-state index contributed by atoms with van der Waals surface area (Å²) in [6, 6.07) is 10.5. The number of rotatable bonds is 3. The van der Waals surface area contributed by atoms with Gasteiger partial charge in [0.1, 0.15) is 22.9 Å². The van der Waals surface area contributed by atoms with Gasteiger partial charge in [0.2, 0.25) is 16.0 Å². The zero-order chi connectivity index (χ0) is 21.0. The zero-order valence-corrected chi connectivity index (χ0v) is 16.3. The van der Waals surface area contributed by atoms with Crippen LogP contribution in [0, 0.1) is 23.0 Å². The number of nitriles is 1. The number of nitrogens with zero attached hydrogens (tertiary/aromatic N) is 3. The molecule has 6 nitrogen and oxygen atoms in total. The van der Waals surface area contributed by atoms with Crippen molar-refractivity contribution in [3.8, 4) is 6.07 Å². The summed E-state index contributed by atoms with van der Waals surface area (Å²) in [7, 11) is -2.78. The molecule has 0 unspecified atom stereocenters. The van der Waals surface area contributed by atoms with E-state index in [9.17, 15) is 22.5 Å². The van der Waals surface area contributed by atoms with Crippen molar-refractivity contribution in [2.75, 3.05) is 7.05 Å². The molecule has 1 aliphatic heterocycles. The van der Waals surface area contributed by atoms with Crippen molar-refractivity contribution in [3.63, 3.8) is 0 Å². The van der Waals surface area contributed by atoms with E-state index in [1.54, 1.807) is 24.3 Å². The average Bonchev–Trinajstić information content (AvgIpc) is 3.49. The third-order valence-corrected chi connectivity index (χ3v) is 7.74. The molecular formula is C20H18F2N4O2S. The highest BCUT2D eigenvalue weighted by Gasteiger charge is 2.46. The van der Waals surface area contributed by atoms with Gasteiger partial charge in [0.15, 0.2) is 0 Å². The monoisotopic (exact) mass is 416 g/mol. The van der Waals surface area contributed by atoms with Crippen LogP contribution in [-0.4, -0.2) is 25.7 Å². The molecular weight excluding hydrogens is 398 g/mol. The molecule has 9 heteroatoms. The van der Waals surface area contributed by atoms with Crippen LogP contribution in [0.15, 0.2) is 47.5 Å². The summed E-state index contributed by atoms with van der Waals surface area (Å²) in [5, 5.41) is 8.07. The van der Waals surface area contributed by atoms with Crippen LogP contribution in [0.1, 0.15) is 40.8 Å². The lowest BCUT2D eigenvalue weighted by molar-refractivity contribution is 0.488. The Morgan fingerprint density at radius 3 is 2.45 bits per heavy atom. The van der Waals surface area contributed by atoms with Gasteiger partial charge >= 0.3 is 0 Å². The fourth-order valence-electron chi connectivity index (χ4n) is 3.67. The summed E-state index contributed by atoms with van der Waals surface area (Å²) in [4.78, 5) is 4.17. The smallest absolute Gasteiger partial charge is 0.246 e. The second kappa shape index (κ2) is 6.52. The first-order valence-corrected chi connectivity index (χ1v) is 10.5. The second-order valence-electron chi connectivity index (χ2n) is 7.35. The molecule has 0 amide bonds. The Morgan fingerprint density at radius 1 is 1.21 bits per heavy atom. The minimum Gasteiger partial charge on any atom is -0.369 e. The number of hydrogen-bond donors (Lipinski definition) is 1. The first-order chi connectivity index (χ1) is 13.7. The van der Waals surface area contributed by atoms with E-state index < -0.39 is 38.4 Å². The van der Waals surface area contributed by atoms with Gasteiger partial charge < -0.3 is 5.73 Å². The summed E-state index contributed by atoms with van der Waals surface area (Å²) < 4.78 is 55.4. The standard InChI is InChI=1S/C20H18F2N4O2S/c1-26-19(24)25-17(15-10-14(21)6-7-16(15)22)18(29(26,27)28)12-2-4-13(5-3-12)20(11-23)8-9-20/h2-7,10,17-18H,8-9H2,1H3,(H2,24,25)/t17-,18-/m1/s1. The Balaban J connectivity index is 1.85. The molecule has 29 heavy (non-hydrogen) atoms. The van der Waals surface area contributed by atoms with E-state index in [1.807, 2.05) is 0 Å². The molecule has 2 aromatic rings. The van der Waals surface area contributed by atoms with Gasteiger partial charge in [-0.2, -0.15) is 5.26 Å². The average molecular weight is 416 g/mol. The molecule has 150 valence electrons. The highest BCUT2D eigenvalue weighted by molar-refractivity contribution is 7.90. The molecule has 1 saturated carbocycles. The predicted octanol–water partition coefficient (Wildman–Crippen LogP) is 2.89. The number of halogens is 2. The number of hydrogen-bond acceptors (Lipinski definition) is 5. The van der Waals surface area contributed by atoms with Crippen molar-refractivity contribution >= 4 is 16.0 Å². The Morgan fingerprint density at radius 2 is 1.86 bits per heavy atom. The van der Waals surface area contributed by atoms with Crippen LogP contribution >= 0.6 is 0 Å². The van der Waals surface area contributed by atoms with E-state index in [0.29, 0.717) is 5.56 Å². The Bertz CT molecular complexity index is 1150. The van der Waals surface area contributed by atoms with Crippen molar-refractivity contribution in [1.29, 1.82) is 5.26 Å². The zero-order valence-electron chi connectivity index (χ0n) is 15.5. The van der Waals surface area contributed by atoms with Crippen LogP contribution in [0.5, 0.6) is 0 Å². The highest BCUT2D eigenvalue weighted by Crippen LogP contribution is 2.49. The molecule has 2 atom stereocenters. The van der Waals surface area contributed by atoms with Crippen LogP contribution in [0.25, 0.3) is 0 Å². The molecule has 0 aromatic heterocycles. The maximum absolute atomic E-state index is 14.5. The molecule has 1 heterocycles. The lowest BCUT2D eigenvalue weighted by Gasteiger charge is -2.34. The van der Waals surface area contributed by atoms with Gasteiger partial charge in [-0.05, 0) is 42.2 Å². The fraction of sp³-hybridized carbons (Fsp3) is 0.300. The molecule has 1 aliphatic carbocycles. The van der Waals surface area contributed by atoms with Gasteiger partial charge in [0, 0.05) is 12.6 Å². The van der Waals surface area contributed by atoms with Gasteiger partial charge in [0.25, 0.3) is 0 Å². The van der Waals surface area contributed by atoms with Crippen molar-refractivity contribution in [3.05, 3.63) is 70.8 Å². The van der Waals surface area contributed by atoms with E-state index in [-0.39, 0.29) is 11.5 Å². The predicted molar refractivity (Wildman–Crippen MR) is 103 cm³/mol. The molecule has 0 saturated heterocycles. The second-order valence-corrected chi connectivity index (χ2v) is 9.43. The normalized spacial score (nSPS) is 24.5. The fourth-order valence-corrected chi connectivity index (χ4v) is 5.35. The van der Waals surface area contributed by atoms with Crippen molar-refractivity contribution in [1.82, 2.24) is 4.31 Å². The first-order valence-electron chi connectivity index (χ1n) is 8.97. The van der Waals surface area contributed by atoms with Gasteiger partial charge in [-0.3, -0.25) is 0 Å². The number of guanidine groups is 1. The lowest BCUT2D eigenvalue weighted by Crippen LogP contribution is -2.46. The Hall–Kier alpha value is -2.99. The van der Waals surface area contributed by atoms with Gasteiger partial charge in [0.05, 0.1) is 11.5 Å². The topological polar surface area (TPSA) is 99.5 Å². The van der Waals surface area contributed by atoms with Crippen LogP contribution in [0.2, 0.25) is 0 Å². The van der Waals surface area contributed by atoms with E-state index >= 15 is 0 Å². The highest BCUT2D eigenvalue weighted by atomic mass is 32.2. The Labute approximate surface area is 167 Å². The molecule has 2 aromatic carbocycles. The minimum absolute atomic E-state index is 0.186. The van der Waals surface area contributed by atoms with Crippen molar-refractivity contribution < 1.29 is 17.2 Å². The molecule has 0 spiro atoms. The summed E-state index contributed by atoms with van der Waals surface area (Å²) >= 11 is 0. The summed E-state index contributed by atoms with van der Waals surface area (Å²) in [6.45, 7) is 0. The number of nitrogens with two attached hydrogens (primary N) is 1. The van der Waals surface area contributed by atoms with Crippen LogP contribution < -0.4 is 5.73 Å². The molecule has 0 bridgehead atoms. The van der Waals surface area contributed by atoms with Gasteiger partial charge in [-0.1, -0.05) is 24.3 Å². The van der Waals surface area contributed by atoms with E-state index in [1.165, 1.54) is 7.05 Å². The summed E-state index contributed by atoms with van der Waals surface area (Å²) in [6.07, 6.45) is 1.51.